The number of nitrogens with zero attached hydrogens (tertiary/aromatic N) is 3. The Labute approximate surface area is 179 Å². The number of amides is 1. The van der Waals surface area contributed by atoms with Crippen LogP contribution in [0.4, 0.5) is 0 Å². The number of hydrogen-bond donors (Lipinski definition) is 1. The molecule has 3 aromatic rings. The smallest absolute Gasteiger partial charge is 0.311 e. The van der Waals surface area contributed by atoms with E-state index in [0.29, 0.717) is 31.6 Å². The summed E-state index contributed by atoms with van der Waals surface area (Å²) in [7, 11) is -3.64. The maximum Gasteiger partial charge on any atom is 0.311 e. The van der Waals surface area contributed by atoms with E-state index in [1.165, 1.54) is 6.07 Å². The third-order valence-electron chi connectivity index (χ3n) is 4.89. The van der Waals surface area contributed by atoms with E-state index in [-0.39, 0.29) is 21.9 Å². The van der Waals surface area contributed by atoms with Crippen molar-refractivity contribution in [1.29, 1.82) is 0 Å². The van der Waals surface area contributed by atoms with Crippen molar-refractivity contribution in [3.63, 3.8) is 0 Å². The Morgan fingerprint density at radius 1 is 1.13 bits per heavy atom. The molecule has 3 heterocycles. The Hall–Kier alpha value is -2.56. The van der Waals surface area contributed by atoms with Crippen LogP contribution in [0.25, 0.3) is 11.5 Å². The molecule has 2 aromatic heterocycles. The summed E-state index contributed by atoms with van der Waals surface area (Å²) in [5.74, 6) is -0.208. The Kier molecular flexibility index (Phi) is 6.26. The van der Waals surface area contributed by atoms with E-state index < -0.39 is 10.0 Å². The van der Waals surface area contributed by atoms with Gasteiger partial charge in [-0.2, -0.15) is 0 Å². The Bertz CT molecular complexity index is 1100. The fourth-order valence-corrected chi connectivity index (χ4v) is 5.50. The zero-order chi connectivity index (χ0) is 21.0. The Balaban J connectivity index is 1.41. The largest absolute Gasteiger partial charge is 0.412 e. The summed E-state index contributed by atoms with van der Waals surface area (Å²) in [6, 6.07) is 11.2. The molecule has 158 valence electrons. The molecule has 30 heavy (non-hydrogen) atoms. The van der Waals surface area contributed by atoms with Gasteiger partial charge in [-0.3, -0.25) is 4.79 Å². The molecule has 0 saturated carbocycles. The van der Waals surface area contributed by atoms with Gasteiger partial charge < -0.3 is 9.32 Å². The molecule has 1 fully saturated rings. The number of benzene rings is 1. The van der Waals surface area contributed by atoms with E-state index in [9.17, 15) is 13.2 Å². The van der Waals surface area contributed by atoms with Crippen molar-refractivity contribution < 1.29 is 17.6 Å². The van der Waals surface area contributed by atoms with Gasteiger partial charge in [0, 0.05) is 25.0 Å². The molecule has 1 amide bonds. The summed E-state index contributed by atoms with van der Waals surface area (Å²) in [5, 5.41) is 9.41. The lowest BCUT2D eigenvalue weighted by Gasteiger charge is -2.24. The van der Waals surface area contributed by atoms with Gasteiger partial charge in [0.25, 0.3) is 0 Å². The Morgan fingerprint density at radius 3 is 2.67 bits per heavy atom. The van der Waals surface area contributed by atoms with Crippen molar-refractivity contribution >= 4 is 27.3 Å². The van der Waals surface area contributed by atoms with E-state index in [1.54, 1.807) is 10.3 Å². The van der Waals surface area contributed by atoms with Crippen LogP contribution >= 0.6 is 11.3 Å². The second-order valence-electron chi connectivity index (χ2n) is 7.05. The minimum Gasteiger partial charge on any atom is -0.412 e. The van der Waals surface area contributed by atoms with Crippen LogP contribution in [-0.4, -0.2) is 49.1 Å². The number of carbonyl (C=O) groups is 1. The number of piperidine rings is 1. The molecule has 0 atom stereocenters. The van der Waals surface area contributed by atoms with Crippen molar-refractivity contribution in [3.8, 4) is 11.5 Å². The van der Waals surface area contributed by atoms with E-state index in [2.05, 4.69) is 14.9 Å². The zero-order valence-electron chi connectivity index (χ0n) is 16.3. The van der Waals surface area contributed by atoms with Crippen LogP contribution in [0.1, 0.15) is 35.5 Å². The van der Waals surface area contributed by atoms with Gasteiger partial charge in [0.05, 0.1) is 5.56 Å². The normalized spacial score (nSPS) is 14.7. The number of thiophene rings is 1. The van der Waals surface area contributed by atoms with Crippen molar-refractivity contribution in [2.45, 2.75) is 29.9 Å². The minimum atomic E-state index is -3.64. The first-order chi connectivity index (χ1) is 14.5. The molecule has 0 unspecified atom stereocenters. The van der Waals surface area contributed by atoms with Crippen LogP contribution in [0, 0.1) is 0 Å². The molecule has 0 spiro atoms. The third-order valence-corrected chi connectivity index (χ3v) is 7.79. The van der Waals surface area contributed by atoms with Crippen molar-refractivity contribution in [2.75, 3.05) is 19.6 Å². The van der Waals surface area contributed by atoms with Gasteiger partial charge in [0.1, 0.15) is 4.21 Å². The molecule has 1 aromatic carbocycles. The third kappa shape index (κ3) is 4.77. The highest BCUT2D eigenvalue weighted by molar-refractivity contribution is 7.91. The topological polar surface area (TPSA) is 105 Å². The molecule has 0 bridgehead atoms. The fourth-order valence-electron chi connectivity index (χ4n) is 3.27. The van der Waals surface area contributed by atoms with E-state index in [1.807, 2.05) is 30.3 Å². The van der Waals surface area contributed by atoms with Crippen LogP contribution in [0.3, 0.4) is 0 Å². The van der Waals surface area contributed by atoms with Gasteiger partial charge in [0.15, 0.2) is 0 Å². The maximum atomic E-state index is 12.6. The number of nitrogens with one attached hydrogen (secondary N) is 1. The predicted octanol–water partition coefficient (Wildman–Crippen LogP) is 2.95. The van der Waals surface area contributed by atoms with E-state index in [4.69, 9.17) is 4.42 Å². The van der Waals surface area contributed by atoms with E-state index >= 15 is 0 Å². The number of likely N-dealkylation sites (tertiary alicyclic amines) is 1. The van der Waals surface area contributed by atoms with Crippen LogP contribution in [0.15, 0.2) is 50.4 Å². The summed E-state index contributed by atoms with van der Waals surface area (Å²) >= 11 is 1.07. The van der Waals surface area contributed by atoms with Crippen LogP contribution in [0.5, 0.6) is 0 Å². The van der Waals surface area contributed by atoms with Gasteiger partial charge in [-0.15, -0.1) is 21.5 Å². The molecule has 1 aliphatic heterocycles. The van der Waals surface area contributed by atoms with Gasteiger partial charge in [-0.1, -0.05) is 30.3 Å². The van der Waals surface area contributed by atoms with Crippen molar-refractivity contribution in [3.05, 3.63) is 53.2 Å². The van der Waals surface area contributed by atoms with Gasteiger partial charge in [-0.25, -0.2) is 13.1 Å². The molecule has 1 aliphatic rings. The maximum absolute atomic E-state index is 12.6. The summed E-state index contributed by atoms with van der Waals surface area (Å²) in [6.07, 6.45) is 3.65. The molecule has 1 saturated heterocycles. The molecule has 0 aliphatic carbocycles. The number of hydrogen-bond acceptors (Lipinski definition) is 7. The molecular weight excluding hydrogens is 424 g/mol. The summed E-state index contributed by atoms with van der Waals surface area (Å²) in [4.78, 5) is 14.2. The van der Waals surface area contributed by atoms with Crippen molar-refractivity contribution in [1.82, 2.24) is 19.8 Å². The molecule has 10 heteroatoms. The first-order valence-electron chi connectivity index (χ1n) is 9.78. The summed E-state index contributed by atoms with van der Waals surface area (Å²) in [6.45, 7) is 1.67. The van der Waals surface area contributed by atoms with Gasteiger partial charge in [0.2, 0.25) is 15.9 Å². The summed E-state index contributed by atoms with van der Waals surface area (Å²) < 4.78 is 33.4. The van der Waals surface area contributed by atoms with Crippen LogP contribution < -0.4 is 4.72 Å². The molecule has 1 N–H and O–H groups in total. The average molecular weight is 447 g/mol. The van der Waals surface area contributed by atoms with Crippen molar-refractivity contribution in [2.24, 2.45) is 0 Å². The van der Waals surface area contributed by atoms with Gasteiger partial charge >= 0.3 is 11.8 Å². The lowest BCUT2D eigenvalue weighted by Crippen LogP contribution is -2.35. The predicted molar refractivity (Wildman–Crippen MR) is 113 cm³/mol. The lowest BCUT2D eigenvalue weighted by atomic mass is 10.1. The number of sulfonamides is 1. The van der Waals surface area contributed by atoms with Gasteiger partial charge in [-0.05, 0) is 37.3 Å². The number of rotatable bonds is 7. The average Bonchev–Trinajstić information content (AvgIpc) is 3.45. The zero-order valence-corrected chi connectivity index (χ0v) is 17.9. The highest BCUT2D eigenvalue weighted by atomic mass is 32.2. The van der Waals surface area contributed by atoms with E-state index in [0.717, 1.165) is 36.2 Å². The number of aromatic nitrogens is 2. The second-order valence-corrected chi connectivity index (χ2v) is 9.96. The molecule has 8 nitrogen and oxygen atoms in total. The quantitative estimate of drug-likeness (QED) is 0.598. The summed E-state index contributed by atoms with van der Waals surface area (Å²) in [5.41, 5.74) is 1.54. The molecular formula is C20H22N4O4S2. The number of carbonyl (C=O) groups excluding carboxylic acids is 1. The highest BCUT2D eigenvalue weighted by Crippen LogP contribution is 2.28. The lowest BCUT2D eigenvalue weighted by molar-refractivity contribution is 0.0684. The first kappa shape index (κ1) is 20.7. The molecule has 0 radical (unpaired) electrons. The minimum absolute atomic E-state index is 0.0662. The second kappa shape index (κ2) is 9.07. The fraction of sp³-hybridized carbons (Fsp3) is 0.350. The SMILES string of the molecule is O=C(c1nnc(-c2csc(S(=O)(=O)NCCc3ccccc3)c2)o1)N1CCCCC1. The van der Waals surface area contributed by atoms with Crippen LogP contribution in [-0.2, 0) is 16.4 Å². The molecule has 4 rings (SSSR count). The first-order valence-corrected chi connectivity index (χ1v) is 12.1. The highest BCUT2D eigenvalue weighted by Gasteiger charge is 2.25. The standard InChI is InChI=1S/C20H22N4O4S2/c25-20(24-11-5-2-6-12-24)19-23-22-18(28-19)16-13-17(29-14-16)30(26,27)21-10-9-15-7-3-1-4-8-15/h1,3-4,7-8,13-14,21H,2,5-6,9-12H2. The Morgan fingerprint density at radius 2 is 1.90 bits per heavy atom. The van der Waals surface area contributed by atoms with Crippen LogP contribution in [0.2, 0.25) is 0 Å². The monoisotopic (exact) mass is 446 g/mol.